The van der Waals surface area contributed by atoms with E-state index in [2.05, 4.69) is 29.1 Å². The van der Waals surface area contributed by atoms with Crippen LogP contribution in [0.2, 0.25) is 5.02 Å². The van der Waals surface area contributed by atoms with Crippen molar-refractivity contribution in [2.75, 3.05) is 5.73 Å². The Hall–Kier alpha value is -1.50. The van der Waals surface area contributed by atoms with Crippen LogP contribution >= 0.6 is 23.4 Å². The molecule has 0 aliphatic carbocycles. The van der Waals surface area contributed by atoms with Gasteiger partial charge in [-0.1, -0.05) is 37.6 Å². The maximum Gasteiger partial charge on any atom is 0.253 e. The van der Waals surface area contributed by atoms with Gasteiger partial charge in [0.25, 0.3) is 5.56 Å². The SMILES string of the molecule is CC(C)NCc1cccc(Cl)c1Sc1nc(N)cc(=O)[nH]1. The number of hydrogen-bond donors (Lipinski definition) is 3. The first-order valence-electron chi connectivity index (χ1n) is 6.51. The molecule has 0 radical (unpaired) electrons. The van der Waals surface area contributed by atoms with Gasteiger partial charge < -0.3 is 16.0 Å². The maximum atomic E-state index is 11.5. The summed E-state index contributed by atoms with van der Waals surface area (Å²) in [5.74, 6) is 0.190. The van der Waals surface area contributed by atoms with E-state index in [0.29, 0.717) is 22.8 Å². The maximum absolute atomic E-state index is 11.5. The fourth-order valence-corrected chi connectivity index (χ4v) is 2.96. The quantitative estimate of drug-likeness (QED) is 0.736. The van der Waals surface area contributed by atoms with Gasteiger partial charge >= 0.3 is 0 Å². The van der Waals surface area contributed by atoms with Crippen molar-refractivity contribution >= 4 is 29.2 Å². The summed E-state index contributed by atoms with van der Waals surface area (Å²) >= 11 is 7.58. The summed E-state index contributed by atoms with van der Waals surface area (Å²) in [7, 11) is 0. The minimum atomic E-state index is -0.279. The van der Waals surface area contributed by atoms with Gasteiger partial charge in [0.2, 0.25) is 0 Å². The number of H-pyrrole nitrogens is 1. The molecule has 0 aliphatic heterocycles. The second-order valence-corrected chi connectivity index (χ2v) is 6.25. The minimum absolute atomic E-state index is 0.190. The molecule has 2 aromatic rings. The molecule has 112 valence electrons. The molecular formula is C14H17ClN4OS. The molecule has 1 heterocycles. The molecule has 0 fully saturated rings. The fourth-order valence-electron chi connectivity index (χ4n) is 1.72. The Morgan fingerprint density at radius 3 is 2.90 bits per heavy atom. The molecule has 0 saturated carbocycles. The molecule has 1 aromatic heterocycles. The summed E-state index contributed by atoms with van der Waals surface area (Å²) in [4.78, 5) is 19.1. The summed E-state index contributed by atoms with van der Waals surface area (Å²) in [6, 6.07) is 7.32. The third-order valence-electron chi connectivity index (χ3n) is 2.69. The summed E-state index contributed by atoms with van der Waals surface area (Å²) in [5.41, 5.74) is 6.37. The molecule has 0 unspecified atom stereocenters. The average Bonchev–Trinajstić information content (AvgIpc) is 2.38. The molecule has 0 bridgehead atoms. The van der Waals surface area contributed by atoms with Crippen LogP contribution in [0.4, 0.5) is 5.82 Å². The molecule has 4 N–H and O–H groups in total. The Kier molecular flexibility index (Phi) is 5.27. The van der Waals surface area contributed by atoms with Gasteiger partial charge in [0, 0.05) is 23.5 Å². The van der Waals surface area contributed by atoms with Crippen molar-refractivity contribution in [3.05, 3.63) is 45.2 Å². The van der Waals surface area contributed by atoms with Crippen molar-refractivity contribution in [2.45, 2.75) is 36.5 Å². The van der Waals surface area contributed by atoms with Gasteiger partial charge in [-0.05, 0) is 23.4 Å². The molecule has 0 saturated heterocycles. The molecule has 1 aromatic carbocycles. The molecule has 0 atom stereocenters. The number of nitrogen functional groups attached to an aromatic ring is 1. The number of benzene rings is 1. The Balaban J connectivity index is 2.31. The molecule has 7 heteroatoms. The highest BCUT2D eigenvalue weighted by Crippen LogP contribution is 2.34. The number of nitrogens with two attached hydrogens (primary N) is 1. The lowest BCUT2D eigenvalue weighted by molar-refractivity contribution is 0.585. The number of halogens is 1. The first kappa shape index (κ1) is 15.9. The predicted octanol–water partition coefficient (Wildman–Crippen LogP) is 2.65. The number of rotatable bonds is 5. The summed E-state index contributed by atoms with van der Waals surface area (Å²) in [5, 5.41) is 4.40. The number of aromatic nitrogens is 2. The molecule has 2 rings (SSSR count). The van der Waals surface area contributed by atoms with Crippen molar-refractivity contribution in [1.29, 1.82) is 0 Å². The fraction of sp³-hybridized carbons (Fsp3) is 0.286. The van der Waals surface area contributed by atoms with E-state index in [1.165, 1.54) is 17.8 Å². The highest BCUT2D eigenvalue weighted by molar-refractivity contribution is 7.99. The Morgan fingerprint density at radius 2 is 2.24 bits per heavy atom. The van der Waals surface area contributed by atoms with Gasteiger partial charge in [-0.3, -0.25) is 4.79 Å². The molecule has 0 amide bonds. The van der Waals surface area contributed by atoms with Crippen molar-refractivity contribution in [3.8, 4) is 0 Å². The van der Waals surface area contributed by atoms with Crippen LogP contribution < -0.4 is 16.6 Å². The van der Waals surface area contributed by atoms with Gasteiger partial charge in [0.1, 0.15) is 5.82 Å². The van der Waals surface area contributed by atoms with Crippen molar-refractivity contribution in [1.82, 2.24) is 15.3 Å². The Labute approximate surface area is 132 Å². The summed E-state index contributed by atoms with van der Waals surface area (Å²) < 4.78 is 0. The van der Waals surface area contributed by atoms with Crippen LogP contribution in [-0.2, 0) is 6.54 Å². The lowest BCUT2D eigenvalue weighted by Crippen LogP contribution is -2.22. The lowest BCUT2D eigenvalue weighted by atomic mass is 10.2. The van der Waals surface area contributed by atoms with Crippen molar-refractivity contribution in [3.63, 3.8) is 0 Å². The molecule has 21 heavy (non-hydrogen) atoms. The van der Waals surface area contributed by atoms with E-state index in [4.69, 9.17) is 17.3 Å². The van der Waals surface area contributed by atoms with E-state index >= 15 is 0 Å². The summed E-state index contributed by atoms with van der Waals surface area (Å²) in [6.45, 7) is 4.84. The monoisotopic (exact) mass is 324 g/mol. The lowest BCUT2D eigenvalue weighted by Gasteiger charge is -2.13. The minimum Gasteiger partial charge on any atom is -0.383 e. The third-order valence-corrected chi connectivity index (χ3v) is 4.19. The largest absolute Gasteiger partial charge is 0.383 e. The van der Waals surface area contributed by atoms with E-state index in [1.54, 1.807) is 0 Å². The van der Waals surface area contributed by atoms with Crippen LogP contribution in [0.1, 0.15) is 19.4 Å². The molecule has 0 spiro atoms. The Morgan fingerprint density at radius 1 is 1.48 bits per heavy atom. The standard InChI is InChI=1S/C14H17ClN4OS/c1-8(2)17-7-9-4-3-5-10(15)13(9)21-14-18-11(16)6-12(20)19-14/h3-6,8,17H,7H2,1-2H3,(H3,16,18,19,20). The average molecular weight is 325 g/mol. The zero-order valence-electron chi connectivity index (χ0n) is 11.8. The highest BCUT2D eigenvalue weighted by atomic mass is 35.5. The van der Waals surface area contributed by atoms with E-state index in [0.717, 1.165) is 10.5 Å². The van der Waals surface area contributed by atoms with Gasteiger partial charge in [-0.15, -0.1) is 0 Å². The highest BCUT2D eigenvalue weighted by Gasteiger charge is 2.11. The van der Waals surface area contributed by atoms with Crippen LogP contribution in [0.25, 0.3) is 0 Å². The van der Waals surface area contributed by atoms with E-state index in [9.17, 15) is 4.79 Å². The number of anilines is 1. The van der Waals surface area contributed by atoms with Crippen LogP contribution in [-0.4, -0.2) is 16.0 Å². The number of aromatic amines is 1. The summed E-state index contributed by atoms with van der Waals surface area (Å²) in [6.07, 6.45) is 0. The van der Waals surface area contributed by atoms with Crippen LogP contribution in [0.3, 0.4) is 0 Å². The van der Waals surface area contributed by atoms with E-state index < -0.39 is 0 Å². The van der Waals surface area contributed by atoms with Crippen LogP contribution in [0, 0.1) is 0 Å². The second kappa shape index (κ2) is 6.98. The molecule has 0 aliphatic rings. The molecule has 5 nitrogen and oxygen atoms in total. The normalized spacial score (nSPS) is 11.0. The van der Waals surface area contributed by atoms with E-state index in [1.807, 2.05) is 18.2 Å². The molecular weight excluding hydrogens is 308 g/mol. The predicted molar refractivity (Wildman–Crippen MR) is 86.8 cm³/mol. The third kappa shape index (κ3) is 4.49. The van der Waals surface area contributed by atoms with Crippen LogP contribution in [0.15, 0.2) is 39.1 Å². The second-order valence-electron chi connectivity index (χ2n) is 4.84. The van der Waals surface area contributed by atoms with Gasteiger partial charge in [-0.2, -0.15) is 0 Å². The topological polar surface area (TPSA) is 83.8 Å². The zero-order chi connectivity index (χ0) is 15.4. The number of nitrogens with one attached hydrogen (secondary N) is 2. The first-order chi connectivity index (χ1) is 9.95. The van der Waals surface area contributed by atoms with Crippen molar-refractivity contribution < 1.29 is 0 Å². The van der Waals surface area contributed by atoms with Crippen LogP contribution in [0.5, 0.6) is 0 Å². The van der Waals surface area contributed by atoms with Gasteiger partial charge in [0.15, 0.2) is 5.16 Å². The smallest absolute Gasteiger partial charge is 0.253 e. The number of nitrogens with zero attached hydrogens (tertiary/aromatic N) is 1. The first-order valence-corrected chi connectivity index (χ1v) is 7.70. The van der Waals surface area contributed by atoms with Gasteiger partial charge in [0.05, 0.1) is 5.02 Å². The zero-order valence-corrected chi connectivity index (χ0v) is 13.4. The van der Waals surface area contributed by atoms with E-state index in [-0.39, 0.29) is 11.4 Å². The van der Waals surface area contributed by atoms with Gasteiger partial charge in [-0.25, -0.2) is 4.98 Å². The van der Waals surface area contributed by atoms with Crippen molar-refractivity contribution in [2.24, 2.45) is 0 Å². The number of hydrogen-bond acceptors (Lipinski definition) is 5. The Bertz CT molecular complexity index is 687.